The summed E-state index contributed by atoms with van der Waals surface area (Å²) in [6, 6.07) is 8.12. The first kappa shape index (κ1) is 23.3. The predicted octanol–water partition coefficient (Wildman–Crippen LogP) is 5.41. The maximum absolute atomic E-state index is 13.2. The molecule has 1 aromatic carbocycles. The number of amides is 2. The van der Waals surface area contributed by atoms with E-state index in [1.165, 1.54) is 16.0 Å². The number of anilines is 1. The molecule has 1 fully saturated rings. The third-order valence-corrected chi connectivity index (χ3v) is 6.65. The summed E-state index contributed by atoms with van der Waals surface area (Å²) in [5.41, 5.74) is -0.337. The van der Waals surface area contributed by atoms with Gasteiger partial charge in [-0.2, -0.15) is 18.3 Å². The topological polar surface area (TPSA) is 67.2 Å². The zero-order valence-electron chi connectivity index (χ0n) is 17.5. The van der Waals surface area contributed by atoms with Crippen molar-refractivity contribution in [1.82, 2.24) is 14.7 Å². The molecular weight excluding hydrogens is 477 g/mol. The number of nitrogens with one attached hydrogen (secondary N) is 1. The summed E-state index contributed by atoms with van der Waals surface area (Å²) in [5.74, 6) is -0.423. The highest BCUT2D eigenvalue weighted by atomic mass is 35.5. The van der Waals surface area contributed by atoms with Crippen LogP contribution < -0.4 is 5.32 Å². The number of halogens is 4. The van der Waals surface area contributed by atoms with Crippen molar-refractivity contribution in [3.8, 4) is 5.69 Å². The van der Waals surface area contributed by atoms with Crippen LogP contribution >= 0.6 is 22.9 Å². The van der Waals surface area contributed by atoms with Gasteiger partial charge in [-0.25, -0.2) is 4.68 Å². The Morgan fingerprint density at radius 3 is 2.55 bits per heavy atom. The van der Waals surface area contributed by atoms with Crippen molar-refractivity contribution in [2.24, 2.45) is 5.92 Å². The molecule has 0 spiro atoms. The summed E-state index contributed by atoms with van der Waals surface area (Å²) in [4.78, 5) is 27.8. The molecule has 1 aliphatic rings. The standard InChI is InChI=1S/C22H20ClF3N4O2S/c1-13-11-19(30(28-13)17-12-15(22(24,25)26)4-5-16(17)23)27-20(31)14-6-8-29(9-7-14)21(32)18-3-2-10-33-18/h2-5,10-12,14H,6-9H2,1H3,(H,27,31). The Morgan fingerprint density at radius 2 is 1.91 bits per heavy atom. The van der Waals surface area contributed by atoms with Crippen LogP contribution in [0.5, 0.6) is 0 Å². The molecule has 0 unspecified atom stereocenters. The van der Waals surface area contributed by atoms with E-state index in [9.17, 15) is 22.8 Å². The fourth-order valence-corrected chi connectivity index (χ4v) is 4.64. The van der Waals surface area contributed by atoms with Crippen LogP contribution in [-0.4, -0.2) is 39.6 Å². The first-order valence-corrected chi connectivity index (χ1v) is 11.5. The molecule has 33 heavy (non-hydrogen) atoms. The summed E-state index contributed by atoms with van der Waals surface area (Å²) >= 11 is 7.54. The molecule has 4 rings (SSSR count). The summed E-state index contributed by atoms with van der Waals surface area (Å²) in [5, 5.41) is 8.92. The lowest BCUT2D eigenvalue weighted by Crippen LogP contribution is -2.41. The SMILES string of the molecule is Cc1cc(NC(=O)C2CCN(C(=O)c3cccs3)CC2)n(-c2cc(C(F)(F)F)ccc2Cl)n1. The molecule has 3 aromatic rings. The summed E-state index contributed by atoms with van der Waals surface area (Å²) in [6.45, 7) is 2.57. The fourth-order valence-electron chi connectivity index (χ4n) is 3.75. The van der Waals surface area contributed by atoms with E-state index >= 15 is 0 Å². The van der Waals surface area contributed by atoms with Gasteiger partial charge in [0.1, 0.15) is 5.82 Å². The van der Waals surface area contributed by atoms with Gasteiger partial charge in [-0.05, 0) is 49.4 Å². The molecular formula is C22H20ClF3N4O2S. The summed E-state index contributed by atoms with van der Waals surface area (Å²) < 4.78 is 40.8. The van der Waals surface area contributed by atoms with E-state index in [2.05, 4.69) is 10.4 Å². The fraction of sp³-hybridized carbons (Fsp3) is 0.318. The minimum Gasteiger partial charge on any atom is -0.338 e. The van der Waals surface area contributed by atoms with Gasteiger partial charge in [-0.3, -0.25) is 9.59 Å². The number of hydrogen-bond donors (Lipinski definition) is 1. The zero-order chi connectivity index (χ0) is 23.8. The molecule has 0 saturated carbocycles. The first-order valence-electron chi connectivity index (χ1n) is 10.2. The molecule has 2 aromatic heterocycles. The van der Waals surface area contributed by atoms with Crippen molar-refractivity contribution in [3.63, 3.8) is 0 Å². The summed E-state index contributed by atoms with van der Waals surface area (Å²) in [6.07, 6.45) is -3.57. The number of likely N-dealkylation sites (tertiary alicyclic amines) is 1. The van der Waals surface area contributed by atoms with Gasteiger partial charge in [0.2, 0.25) is 5.91 Å². The number of aryl methyl sites for hydroxylation is 1. The van der Waals surface area contributed by atoms with Crippen LogP contribution in [0.1, 0.15) is 33.8 Å². The molecule has 11 heteroatoms. The van der Waals surface area contributed by atoms with Crippen molar-refractivity contribution >= 4 is 40.6 Å². The largest absolute Gasteiger partial charge is 0.416 e. The van der Waals surface area contributed by atoms with Crippen LogP contribution in [0.4, 0.5) is 19.0 Å². The van der Waals surface area contributed by atoms with E-state index in [4.69, 9.17) is 11.6 Å². The molecule has 0 radical (unpaired) electrons. The maximum Gasteiger partial charge on any atom is 0.416 e. The second-order valence-corrected chi connectivity index (χ2v) is 9.13. The van der Waals surface area contributed by atoms with Gasteiger partial charge in [-0.1, -0.05) is 17.7 Å². The third-order valence-electron chi connectivity index (χ3n) is 5.47. The number of aromatic nitrogens is 2. The number of hydrogen-bond acceptors (Lipinski definition) is 4. The molecule has 1 aliphatic heterocycles. The highest BCUT2D eigenvalue weighted by molar-refractivity contribution is 7.12. The van der Waals surface area contributed by atoms with Gasteiger partial charge in [0.15, 0.2) is 0 Å². The Morgan fingerprint density at radius 1 is 1.18 bits per heavy atom. The Kier molecular flexibility index (Phi) is 6.49. The molecule has 6 nitrogen and oxygen atoms in total. The monoisotopic (exact) mass is 496 g/mol. The molecule has 1 N–H and O–H groups in total. The van der Waals surface area contributed by atoms with Crippen molar-refractivity contribution in [2.75, 3.05) is 18.4 Å². The number of nitrogens with zero attached hydrogens (tertiary/aromatic N) is 3. The molecule has 3 heterocycles. The molecule has 0 atom stereocenters. The zero-order valence-corrected chi connectivity index (χ0v) is 19.1. The highest BCUT2D eigenvalue weighted by Gasteiger charge is 2.32. The molecule has 0 aliphatic carbocycles. The molecule has 174 valence electrons. The quantitative estimate of drug-likeness (QED) is 0.525. The lowest BCUT2D eigenvalue weighted by Gasteiger charge is -2.31. The number of alkyl halides is 3. The number of thiophene rings is 1. The highest BCUT2D eigenvalue weighted by Crippen LogP contribution is 2.34. The maximum atomic E-state index is 13.2. The Hall–Kier alpha value is -2.85. The minimum absolute atomic E-state index is 0.0197. The summed E-state index contributed by atoms with van der Waals surface area (Å²) in [7, 11) is 0. The lowest BCUT2D eigenvalue weighted by molar-refractivity contribution is -0.137. The number of piperidine rings is 1. The van der Waals surface area contributed by atoms with Gasteiger partial charge < -0.3 is 10.2 Å². The van der Waals surface area contributed by atoms with Gasteiger partial charge in [0.25, 0.3) is 5.91 Å². The van der Waals surface area contributed by atoms with Crippen LogP contribution in [-0.2, 0) is 11.0 Å². The van der Waals surface area contributed by atoms with Gasteiger partial charge in [-0.15, -0.1) is 11.3 Å². The van der Waals surface area contributed by atoms with Gasteiger partial charge in [0, 0.05) is 25.1 Å². The Balaban J connectivity index is 1.48. The van der Waals surface area contributed by atoms with E-state index < -0.39 is 11.7 Å². The third kappa shape index (κ3) is 5.06. The van der Waals surface area contributed by atoms with E-state index in [0.29, 0.717) is 36.5 Å². The van der Waals surface area contributed by atoms with Crippen molar-refractivity contribution in [1.29, 1.82) is 0 Å². The van der Waals surface area contributed by atoms with E-state index in [1.54, 1.807) is 24.0 Å². The van der Waals surface area contributed by atoms with Gasteiger partial charge in [0.05, 0.1) is 26.8 Å². The van der Waals surface area contributed by atoms with E-state index in [0.717, 1.165) is 18.2 Å². The predicted molar refractivity (Wildman–Crippen MR) is 120 cm³/mol. The normalized spacial score (nSPS) is 15.0. The lowest BCUT2D eigenvalue weighted by atomic mass is 9.96. The van der Waals surface area contributed by atoms with E-state index in [-0.39, 0.29) is 34.3 Å². The van der Waals surface area contributed by atoms with E-state index in [1.807, 2.05) is 11.4 Å². The smallest absolute Gasteiger partial charge is 0.338 e. The second kappa shape index (κ2) is 9.18. The van der Waals surface area contributed by atoms with Crippen LogP contribution in [0.2, 0.25) is 5.02 Å². The Labute approximate surface area is 197 Å². The van der Waals surface area contributed by atoms with Crippen LogP contribution in [0.15, 0.2) is 41.8 Å². The van der Waals surface area contributed by atoms with Crippen molar-refractivity contribution in [2.45, 2.75) is 25.9 Å². The number of carbonyl (C=O) groups excluding carboxylic acids is 2. The second-order valence-electron chi connectivity index (χ2n) is 7.78. The first-order chi connectivity index (χ1) is 15.6. The molecule has 1 saturated heterocycles. The van der Waals surface area contributed by atoms with Crippen LogP contribution in [0.25, 0.3) is 5.69 Å². The van der Waals surface area contributed by atoms with Crippen LogP contribution in [0.3, 0.4) is 0 Å². The molecule has 2 amide bonds. The number of carbonyl (C=O) groups is 2. The van der Waals surface area contributed by atoms with Gasteiger partial charge >= 0.3 is 6.18 Å². The molecule has 0 bridgehead atoms. The average Bonchev–Trinajstić information content (AvgIpc) is 3.43. The van der Waals surface area contributed by atoms with Crippen molar-refractivity contribution in [3.05, 3.63) is 62.9 Å². The van der Waals surface area contributed by atoms with Crippen molar-refractivity contribution < 1.29 is 22.8 Å². The Bertz CT molecular complexity index is 1170. The minimum atomic E-state index is -4.54. The average molecular weight is 497 g/mol. The number of benzene rings is 1. The number of rotatable bonds is 4. The van der Waals surface area contributed by atoms with Crippen LogP contribution in [0, 0.1) is 12.8 Å².